The van der Waals surface area contributed by atoms with Crippen LogP contribution < -0.4 is 5.32 Å². The van der Waals surface area contributed by atoms with Crippen molar-refractivity contribution < 1.29 is 9.59 Å². The molecule has 0 bridgehead atoms. The fourth-order valence-electron chi connectivity index (χ4n) is 3.71. The van der Waals surface area contributed by atoms with Crippen molar-refractivity contribution in [1.82, 2.24) is 15.1 Å². The number of likely N-dealkylation sites (tertiary alicyclic amines) is 1. The summed E-state index contributed by atoms with van der Waals surface area (Å²) in [5.41, 5.74) is 1.66. The lowest BCUT2D eigenvalue weighted by molar-refractivity contribution is -0.134. The second-order valence-electron chi connectivity index (χ2n) is 7.01. The number of carbonyl (C=O) groups excluding carboxylic acids is 2. The third-order valence-corrected chi connectivity index (χ3v) is 5.33. The van der Waals surface area contributed by atoms with Gasteiger partial charge in [-0.3, -0.25) is 9.59 Å². The molecular formula is C20H31N3O2. The van der Waals surface area contributed by atoms with E-state index in [9.17, 15) is 9.59 Å². The van der Waals surface area contributed by atoms with Crippen LogP contribution in [0.3, 0.4) is 0 Å². The Labute approximate surface area is 151 Å². The highest BCUT2D eigenvalue weighted by atomic mass is 16.2. The maximum Gasteiger partial charge on any atom is 0.251 e. The van der Waals surface area contributed by atoms with Gasteiger partial charge in [-0.15, -0.1) is 0 Å². The van der Waals surface area contributed by atoms with Crippen molar-refractivity contribution in [3.05, 3.63) is 35.4 Å². The Kier molecular flexibility index (Phi) is 7.00. The first kappa shape index (κ1) is 19.4. The summed E-state index contributed by atoms with van der Waals surface area (Å²) in [6, 6.07) is 7.83. The molecule has 1 aliphatic rings. The number of nitrogens with one attached hydrogen (secondary N) is 1. The summed E-state index contributed by atoms with van der Waals surface area (Å²) in [6.07, 6.45) is 2.19. The lowest BCUT2D eigenvalue weighted by atomic mass is 9.92. The van der Waals surface area contributed by atoms with Crippen LogP contribution in [0.25, 0.3) is 0 Å². The van der Waals surface area contributed by atoms with Crippen molar-refractivity contribution in [2.75, 3.05) is 33.7 Å². The van der Waals surface area contributed by atoms with Gasteiger partial charge < -0.3 is 15.1 Å². The van der Waals surface area contributed by atoms with Gasteiger partial charge in [0.2, 0.25) is 5.91 Å². The van der Waals surface area contributed by atoms with Gasteiger partial charge in [-0.1, -0.05) is 26.0 Å². The van der Waals surface area contributed by atoms with Gasteiger partial charge in [0, 0.05) is 45.2 Å². The van der Waals surface area contributed by atoms with E-state index in [-0.39, 0.29) is 11.8 Å². The van der Waals surface area contributed by atoms with Crippen LogP contribution in [0.4, 0.5) is 0 Å². The zero-order valence-electron chi connectivity index (χ0n) is 15.9. The van der Waals surface area contributed by atoms with E-state index < -0.39 is 0 Å². The molecule has 1 aromatic rings. The molecule has 1 aromatic carbocycles. The summed E-state index contributed by atoms with van der Waals surface area (Å²) in [5.74, 6) is 0.591. The summed E-state index contributed by atoms with van der Waals surface area (Å²) >= 11 is 0. The highest BCUT2D eigenvalue weighted by Gasteiger charge is 2.30. The molecular weight excluding hydrogens is 314 g/mol. The standard InChI is InChI=1S/C20H31N3O2/c1-5-23-12-11-18(15(2)14-23)22(4)19(24)10-9-16-7-6-8-17(13-16)20(25)21-3/h6-8,13,15,18H,5,9-12,14H2,1-4H3,(H,21,25)/t15-,18+/m1/s1. The first-order chi connectivity index (χ1) is 12.0. The molecule has 0 aliphatic carbocycles. The van der Waals surface area contributed by atoms with Crippen LogP contribution in [0, 0.1) is 5.92 Å². The summed E-state index contributed by atoms with van der Waals surface area (Å²) in [7, 11) is 3.56. The Morgan fingerprint density at radius 3 is 2.76 bits per heavy atom. The third-order valence-electron chi connectivity index (χ3n) is 5.33. The molecule has 0 saturated carbocycles. The lowest BCUT2D eigenvalue weighted by Gasteiger charge is -2.41. The molecule has 5 nitrogen and oxygen atoms in total. The molecule has 5 heteroatoms. The van der Waals surface area contributed by atoms with Crippen molar-refractivity contribution in [3.63, 3.8) is 0 Å². The quantitative estimate of drug-likeness (QED) is 0.860. The summed E-state index contributed by atoms with van der Waals surface area (Å²) in [4.78, 5) is 28.7. The molecule has 1 aliphatic heterocycles. The monoisotopic (exact) mass is 345 g/mol. The normalized spacial score (nSPS) is 21.0. The van der Waals surface area contributed by atoms with Crippen LogP contribution in [-0.2, 0) is 11.2 Å². The average molecular weight is 345 g/mol. The maximum atomic E-state index is 12.6. The second kappa shape index (κ2) is 8.99. The van der Waals surface area contributed by atoms with Gasteiger partial charge in [-0.05, 0) is 43.0 Å². The van der Waals surface area contributed by atoms with E-state index >= 15 is 0 Å². The molecule has 1 N–H and O–H groups in total. The number of nitrogens with zero attached hydrogens (tertiary/aromatic N) is 2. The number of hydrogen-bond acceptors (Lipinski definition) is 3. The second-order valence-corrected chi connectivity index (χ2v) is 7.01. The van der Waals surface area contributed by atoms with E-state index in [1.54, 1.807) is 13.1 Å². The lowest BCUT2D eigenvalue weighted by Crippen LogP contribution is -2.50. The van der Waals surface area contributed by atoms with Gasteiger partial charge in [-0.25, -0.2) is 0 Å². The van der Waals surface area contributed by atoms with E-state index in [0.29, 0.717) is 30.4 Å². The minimum absolute atomic E-state index is 0.0956. The smallest absolute Gasteiger partial charge is 0.251 e. The fraction of sp³-hybridized carbons (Fsp3) is 0.600. The van der Waals surface area contributed by atoms with E-state index in [2.05, 4.69) is 24.1 Å². The topological polar surface area (TPSA) is 52.7 Å². The Hall–Kier alpha value is -1.88. The Morgan fingerprint density at radius 1 is 1.36 bits per heavy atom. The van der Waals surface area contributed by atoms with E-state index in [1.165, 1.54) is 0 Å². The van der Waals surface area contributed by atoms with Crippen molar-refractivity contribution in [1.29, 1.82) is 0 Å². The minimum Gasteiger partial charge on any atom is -0.355 e. The van der Waals surface area contributed by atoms with E-state index in [1.807, 2.05) is 30.1 Å². The molecule has 0 unspecified atom stereocenters. The molecule has 25 heavy (non-hydrogen) atoms. The number of benzene rings is 1. The van der Waals surface area contributed by atoms with Gasteiger partial charge >= 0.3 is 0 Å². The van der Waals surface area contributed by atoms with Crippen LogP contribution in [0.1, 0.15) is 42.6 Å². The number of aryl methyl sites for hydroxylation is 1. The third kappa shape index (κ3) is 5.05. The Balaban J connectivity index is 1.90. The first-order valence-electron chi connectivity index (χ1n) is 9.25. The maximum absolute atomic E-state index is 12.6. The molecule has 1 fully saturated rings. The molecule has 0 radical (unpaired) electrons. The number of hydrogen-bond donors (Lipinski definition) is 1. The van der Waals surface area contributed by atoms with Crippen LogP contribution >= 0.6 is 0 Å². The molecule has 138 valence electrons. The summed E-state index contributed by atoms with van der Waals surface area (Å²) < 4.78 is 0. The van der Waals surface area contributed by atoms with Crippen molar-refractivity contribution in [3.8, 4) is 0 Å². The van der Waals surface area contributed by atoms with Gasteiger partial charge in [0.15, 0.2) is 0 Å². The van der Waals surface area contributed by atoms with Crippen LogP contribution in [0.2, 0.25) is 0 Å². The molecule has 2 rings (SSSR count). The Morgan fingerprint density at radius 2 is 2.12 bits per heavy atom. The van der Waals surface area contributed by atoms with Gasteiger partial charge in [0.05, 0.1) is 0 Å². The molecule has 1 heterocycles. The molecule has 2 amide bonds. The van der Waals surface area contributed by atoms with Crippen LogP contribution in [0.15, 0.2) is 24.3 Å². The number of piperidine rings is 1. The predicted molar refractivity (Wildman–Crippen MR) is 101 cm³/mol. The fourth-order valence-corrected chi connectivity index (χ4v) is 3.71. The SMILES string of the molecule is CCN1CC[C@H](N(C)C(=O)CCc2cccc(C(=O)NC)c2)[C@H](C)C1. The number of rotatable bonds is 6. The van der Waals surface area contributed by atoms with Crippen molar-refractivity contribution in [2.24, 2.45) is 5.92 Å². The van der Waals surface area contributed by atoms with Gasteiger partial charge in [0.1, 0.15) is 0 Å². The zero-order valence-corrected chi connectivity index (χ0v) is 15.9. The molecule has 1 saturated heterocycles. The number of carbonyl (C=O) groups is 2. The van der Waals surface area contributed by atoms with Crippen LogP contribution in [-0.4, -0.2) is 61.4 Å². The van der Waals surface area contributed by atoms with Gasteiger partial charge in [-0.2, -0.15) is 0 Å². The largest absolute Gasteiger partial charge is 0.355 e. The van der Waals surface area contributed by atoms with Crippen molar-refractivity contribution in [2.45, 2.75) is 39.2 Å². The Bertz CT molecular complexity index is 602. The molecule has 0 aromatic heterocycles. The summed E-state index contributed by atoms with van der Waals surface area (Å²) in [5, 5.41) is 2.63. The minimum atomic E-state index is -0.0956. The molecule has 2 atom stereocenters. The van der Waals surface area contributed by atoms with E-state index in [0.717, 1.165) is 31.6 Å². The van der Waals surface area contributed by atoms with Crippen LogP contribution in [0.5, 0.6) is 0 Å². The van der Waals surface area contributed by atoms with Gasteiger partial charge in [0.25, 0.3) is 5.91 Å². The molecule has 0 spiro atoms. The highest BCUT2D eigenvalue weighted by Crippen LogP contribution is 2.22. The first-order valence-corrected chi connectivity index (χ1v) is 9.25. The number of amides is 2. The highest BCUT2D eigenvalue weighted by molar-refractivity contribution is 5.94. The average Bonchev–Trinajstić information content (AvgIpc) is 2.64. The van der Waals surface area contributed by atoms with Crippen molar-refractivity contribution >= 4 is 11.8 Å². The summed E-state index contributed by atoms with van der Waals surface area (Å²) in [6.45, 7) is 7.64. The predicted octanol–water partition coefficient (Wildman–Crippen LogP) is 2.17. The van der Waals surface area contributed by atoms with E-state index in [4.69, 9.17) is 0 Å². The zero-order chi connectivity index (χ0) is 18.4.